The maximum absolute atomic E-state index is 13.5. The highest BCUT2D eigenvalue weighted by Gasteiger charge is 2.34. The van der Waals surface area contributed by atoms with Crippen LogP contribution in [0.3, 0.4) is 0 Å². The van der Waals surface area contributed by atoms with Gasteiger partial charge in [-0.05, 0) is 75.1 Å². The van der Waals surface area contributed by atoms with Crippen LogP contribution in [-0.4, -0.2) is 6.66 Å². The van der Waals surface area contributed by atoms with Gasteiger partial charge in [-0.25, -0.2) is 0 Å². The van der Waals surface area contributed by atoms with Gasteiger partial charge in [0.15, 0.2) is 0 Å². The van der Waals surface area contributed by atoms with Crippen molar-refractivity contribution < 1.29 is 4.57 Å². The summed E-state index contributed by atoms with van der Waals surface area (Å²) >= 11 is 0. The second-order valence-corrected chi connectivity index (χ2v) is 11.4. The molecule has 1 atom stereocenters. The Hall–Kier alpha value is -3.92. The first-order valence-corrected chi connectivity index (χ1v) is 13.1. The number of benzene rings is 5. The van der Waals surface area contributed by atoms with Crippen molar-refractivity contribution in [3.8, 4) is 39.4 Å². The monoisotopic (exact) mass is 441 g/mol. The molecule has 5 aromatic carbocycles. The predicted octanol–water partition coefficient (Wildman–Crippen LogP) is 6.97. The largest absolute Gasteiger partial charge is 0.314 e. The highest BCUT2D eigenvalue weighted by atomic mass is 31.2. The first-order valence-electron chi connectivity index (χ1n) is 10.9. The van der Waals surface area contributed by atoms with E-state index < -0.39 is 7.14 Å². The minimum Gasteiger partial charge on any atom is -0.314 e. The predicted molar refractivity (Wildman–Crippen MR) is 138 cm³/mol. The fraction of sp³-hybridized carbons (Fsp3) is 0.0333. The number of hydrogen-bond donors (Lipinski definition) is 0. The lowest BCUT2D eigenvalue weighted by Gasteiger charge is -2.14. The summed E-state index contributed by atoms with van der Waals surface area (Å²) in [5, 5.41) is 13.5. The van der Waals surface area contributed by atoms with Crippen molar-refractivity contribution in [3.63, 3.8) is 0 Å². The zero-order valence-electron chi connectivity index (χ0n) is 18.1. The SMILES string of the molecule is CP1(=O)c2ccccc2-c2cc(-c3ccc(-c4cccc(C#N)c4)c4ccccc34)ccc21. The van der Waals surface area contributed by atoms with Crippen molar-refractivity contribution in [2.24, 2.45) is 0 Å². The third-order valence-electron chi connectivity index (χ3n) is 6.65. The second-order valence-electron chi connectivity index (χ2n) is 8.57. The van der Waals surface area contributed by atoms with Gasteiger partial charge >= 0.3 is 0 Å². The number of fused-ring (bicyclic) bond motifs is 4. The molecular formula is C30H20NOP. The zero-order chi connectivity index (χ0) is 22.6. The van der Waals surface area contributed by atoms with E-state index in [1.54, 1.807) is 0 Å². The first-order chi connectivity index (χ1) is 16.1. The normalized spacial score (nSPS) is 16.2. The van der Waals surface area contributed by atoms with Crippen LogP contribution in [0.15, 0.2) is 103 Å². The lowest BCUT2D eigenvalue weighted by Crippen LogP contribution is -2.07. The molecule has 0 amide bonds. The molecular weight excluding hydrogens is 421 g/mol. The highest BCUT2D eigenvalue weighted by molar-refractivity contribution is 7.79. The summed E-state index contributed by atoms with van der Waals surface area (Å²) in [6, 6.07) is 37.1. The molecule has 156 valence electrons. The number of hydrogen-bond acceptors (Lipinski definition) is 2. The van der Waals surface area contributed by atoms with Gasteiger partial charge in [0.2, 0.25) is 0 Å². The molecule has 1 aliphatic rings. The van der Waals surface area contributed by atoms with Gasteiger partial charge in [-0.3, -0.25) is 0 Å². The number of rotatable bonds is 2. The van der Waals surface area contributed by atoms with Crippen LogP contribution in [-0.2, 0) is 4.57 Å². The molecule has 6 rings (SSSR count). The van der Waals surface area contributed by atoms with E-state index in [1.807, 2.05) is 55.2 Å². The van der Waals surface area contributed by atoms with Gasteiger partial charge in [0.25, 0.3) is 0 Å². The molecule has 33 heavy (non-hydrogen) atoms. The van der Waals surface area contributed by atoms with Crippen LogP contribution >= 0.6 is 7.14 Å². The van der Waals surface area contributed by atoms with Crippen LogP contribution in [0.25, 0.3) is 44.2 Å². The molecule has 0 N–H and O–H groups in total. The average molecular weight is 441 g/mol. The average Bonchev–Trinajstić information content (AvgIpc) is 3.10. The first kappa shape index (κ1) is 19.7. The highest BCUT2D eigenvalue weighted by Crippen LogP contribution is 2.50. The molecule has 3 heteroatoms. The van der Waals surface area contributed by atoms with Crippen LogP contribution in [0, 0.1) is 11.3 Å². The van der Waals surface area contributed by atoms with E-state index in [4.69, 9.17) is 0 Å². The molecule has 1 aliphatic heterocycles. The lowest BCUT2D eigenvalue weighted by molar-refractivity contribution is 0.591. The Morgan fingerprint density at radius 1 is 0.606 bits per heavy atom. The molecule has 0 radical (unpaired) electrons. The Morgan fingerprint density at radius 2 is 1.24 bits per heavy atom. The Bertz CT molecular complexity index is 1680. The Kier molecular flexibility index (Phi) is 4.37. The van der Waals surface area contributed by atoms with Gasteiger partial charge in [-0.2, -0.15) is 5.26 Å². The van der Waals surface area contributed by atoms with Crippen LogP contribution < -0.4 is 10.6 Å². The molecule has 1 heterocycles. The Balaban J connectivity index is 1.57. The summed E-state index contributed by atoms with van der Waals surface area (Å²) < 4.78 is 13.5. The van der Waals surface area contributed by atoms with Gasteiger partial charge in [0.05, 0.1) is 11.6 Å². The molecule has 1 unspecified atom stereocenters. The molecule has 0 saturated heterocycles. The van der Waals surface area contributed by atoms with Crippen molar-refractivity contribution in [2.45, 2.75) is 0 Å². The van der Waals surface area contributed by atoms with E-state index in [0.29, 0.717) is 5.56 Å². The van der Waals surface area contributed by atoms with E-state index in [0.717, 1.165) is 54.8 Å². The fourth-order valence-electron chi connectivity index (χ4n) is 5.05. The van der Waals surface area contributed by atoms with Crippen molar-refractivity contribution in [1.29, 1.82) is 5.26 Å². The maximum Gasteiger partial charge on any atom is 0.141 e. The standard InChI is InChI=1S/C30H20NOP/c1-33(32)29-12-5-4-11-27(29)28-18-22(13-16-30(28)33)24-15-14-23(25-9-2-3-10-26(24)25)21-8-6-7-20(17-21)19-31/h2-18H,1H3. The molecule has 0 fully saturated rings. The van der Waals surface area contributed by atoms with Gasteiger partial charge in [-0.15, -0.1) is 0 Å². The van der Waals surface area contributed by atoms with Crippen molar-refractivity contribution in [1.82, 2.24) is 0 Å². The maximum atomic E-state index is 13.5. The smallest absolute Gasteiger partial charge is 0.141 e. The minimum absolute atomic E-state index is 0.655. The third-order valence-corrected chi connectivity index (χ3v) is 9.27. The van der Waals surface area contributed by atoms with Crippen LogP contribution in [0.1, 0.15) is 5.56 Å². The lowest BCUT2D eigenvalue weighted by atomic mass is 9.90. The van der Waals surface area contributed by atoms with E-state index >= 15 is 0 Å². The summed E-state index contributed by atoms with van der Waals surface area (Å²) in [6.07, 6.45) is 0. The summed E-state index contributed by atoms with van der Waals surface area (Å²) in [6.45, 7) is 1.87. The molecule has 2 nitrogen and oxygen atoms in total. The van der Waals surface area contributed by atoms with E-state index in [9.17, 15) is 9.83 Å². The van der Waals surface area contributed by atoms with Crippen LogP contribution in [0.2, 0.25) is 0 Å². The van der Waals surface area contributed by atoms with Crippen molar-refractivity contribution in [2.75, 3.05) is 6.66 Å². The van der Waals surface area contributed by atoms with Gasteiger partial charge in [0.1, 0.15) is 7.14 Å². The van der Waals surface area contributed by atoms with Crippen molar-refractivity contribution >= 4 is 28.5 Å². The molecule has 0 bridgehead atoms. The van der Waals surface area contributed by atoms with E-state index in [1.165, 1.54) is 0 Å². The van der Waals surface area contributed by atoms with Gasteiger partial charge < -0.3 is 4.57 Å². The molecule has 0 spiro atoms. The van der Waals surface area contributed by atoms with Gasteiger partial charge in [0, 0.05) is 10.6 Å². The van der Waals surface area contributed by atoms with E-state index in [2.05, 4.69) is 60.7 Å². The summed E-state index contributed by atoms with van der Waals surface area (Å²) in [7, 11) is -2.56. The number of nitrogens with zero attached hydrogens (tertiary/aromatic N) is 1. The topological polar surface area (TPSA) is 40.9 Å². The fourth-order valence-corrected chi connectivity index (χ4v) is 7.34. The Morgan fingerprint density at radius 3 is 1.97 bits per heavy atom. The summed E-state index contributed by atoms with van der Waals surface area (Å²) in [4.78, 5) is 0. The van der Waals surface area contributed by atoms with Gasteiger partial charge in [-0.1, -0.05) is 78.9 Å². The van der Waals surface area contributed by atoms with Crippen LogP contribution in [0.5, 0.6) is 0 Å². The second kappa shape index (κ2) is 7.31. The summed E-state index contributed by atoms with van der Waals surface area (Å²) in [5.74, 6) is 0. The Labute approximate surface area is 193 Å². The molecule has 0 aromatic heterocycles. The minimum atomic E-state index is -2.56. The zero-order valence-corrected chi connectivity index (χ0v) is 19.0. The summed E-state index contributed by atoms with van der Waals surface area (Å²) in [5.41, 5.74) is 7.20. The number of nitriles is 1. The molecule has 0 aliphatic carbocycles. The molecule has 5 aromatic rings. The van der Waals surface area contributed by atoms with E-state index in [-0.39, 0.29) is 0 Å². The third kappa shape index (κ3) is 2.98. The molecule has 0 saturated carbocycles. The van der Waals surface area contributed by atoms with Crippen molar-refractivity contribution in [3.05, 3.63) is 109 Å². The quantitative estimate of drug-likeness (QED) is 0.278. The van der Waals surface area contributed by atoms with Crippen LogP contribution in [0.4, 0.5) is 0 Å².